The molecular formula is C27H32FN7O3. The lowest BCUT2D eigenvalue weighted by atomic mass is 9.89. The van der Waals surface area contributed by atoms with Gasteiger partial charge in [-0.15, -0.1) is 0 Å². The highest BCUT2D eigenvalue weighted by Gasteiger charge is 2.25. The van der Waals surface area contributed by atoms with Crippen molar-refractivity contribution in [2.24, 2.45) is 0 Å². The number of aromatic nitrogens is 6. The fraction of sp³-hybridized carbons (Fsp3) is 0.444. The summed E-state index contributed by atoms with van der Waals surface area (Å²) in [5.41, 5.74) is 1.47. The Morgan fingerprint density at radius 2 is 1.84 bits per heavy atom. The average Bonchev–Trinajstić information content (AvgIpc) is 3.57. The smallest absolute Gasteiger partial charge is 0.332 e. The zero-order valence-electron chi connectivity index (χ0n) is 21.7. The number of aryl methyl sites for hydroxylation is 1. The second-order valence-corrected chi connectivity index (χ2v) is 9.81. The highest BCUT2D eigenvalue weighted by atomic mass is 19.1. The number of imidazole rings is 1. The van der Waals surface area contributed by atoms with Gasteiger partial charge in [0.25, 0.3) is 5.56 Å². The number of carbonyl (C=O) groups excluding carboxylic acids is 1. The van der Waals surface area contributed by atoms with Gasteiger partial charge in [0.1, 0.15) is 23.7 Å². The van der Waals surface area contributed by atoms with Gasteiger partial charge in [-0.2, -0.15) is 5.10 Å². The summed E-state index contributed by atoms with van der Waals surface area (Å²) >= 11 is 0. The van der Waals surface area contributed by atoms with E-state index in [2.05, 4.69) is 15.1 Å². The standard InChI is InChI=1S/C27H32FN7O3/c1-3-10-34-25-23(26(37)35(11-4-2)27(34)38)30-24(31-25)20-15-29-33(16-20)17-22(36)32-12-8-18(9-13-32)19-6-5-7-21(28)14-19/h5-7,14-16,18H,3-4,8-13,17H2,1-2H3,(H,30,31). The molecule has 0 atom stereocenters. The van der Waals surface area contributed by atoms with Crippen molar-refractivity contribution < 1.29 is 9.18 Å². The maximum atomic E-state index is 13.6. The number of benzene rings is 1. The van der Waals surface area contributed by atoms with Crippen LogP contribution in [0.15, 0.2) is 46.2 Å². The Hall–Kier alpha value is -4.02. The summed E-state index contributed by atoms with van der Waals surface area (Å²) in [6.45, 7) is 5.97. The van der Waals surface area contributed by atoms with Crippen LogP contribution in [0.2, 0.25) is 0 Å². The normalized spacial score (nSPS) is 14.4. The second-order valence-electron chi connectivity index (χ2n) is 9.81. The first-order chi connectivity index (χ1) is 18.4. The Morgan fingerprint density at radius 1 is 1.11 bits per heavy atom. The number of likely N-dealkylation sites (tertiary alicyclic amines) is 1. The van der Waals surface area contributed by atoms with Crippen LogP contribution in [0.4, 0.5) is 4.39 Å². The minimum absolute atomic E-state index is 0.0406. The number of amides is 1. The molecule has 11 heteroatoms. The van der Waals surface area contributed by atoms with Crippen LogP contribution < -0.4 is 11.2 Å². The van der Waals surface area contributed by atoms with Crippen molar-refractivity contribution in [3.05, 3.63) is 68.9 Å². The van der Waals surface area contributed by atoms with Crippen molar-refractivity contribution in [1.29, 1.82) is 0 Å². The van der Waals surface area contributed by atoms with E-state index in [0.29, 0.717) is 49.6 Å². The number of halogens is 1. The maximum absolute atomic E-state index is 13.6. The molecule has 0 spiro atoms. The number of carbonyl (C=O) groups is 1. The monoisotopic (exact) mass is 521 g/mol. The molecule has 5 rings (SSSR count). The molecule has 0 aliphatic carbocycles. The molecule has 1 aliphatic heterocycles. The third-order valence-corrected chi connectivity index (χ3v) is 7.13. The van der Waals surface area contributed by atoms with Crippen LogP contribution in [0.5, 0.6) is 0 Å². The van der Waals surface area contributed by atoms with E-state index in [1.54, 1.807) is 29.2 Å². The summed E-state index contributed by atoms with van der Waals surface area (Å²) in [6, 6.07) is 6.68. The molecule has 3 aromatic heterocycles. The molecule has 0 radical (unpaired) electrons. The SMILES string of the molecule is CCCn1c(=O)c2[nH]c(-c3cnn(CC(=O)N4CCC(c5cccc(F)c5)CC4)c3)nc2n(CCC)c1=O. The lowest BCUT2D eigenvalue weighted by molar-refractivity contribution is -0.133. The number of hydrogen-bond donors (Lipinski definition) is 1. The molecule has 10 nitrogen and oxygen atoms in total. The van der Waals surface area contributed by atoms with Crippen LogP contribution >= 0.6 is 0 Å². The summed E-state index contributed by atoms with van der Waals surface area (Å²) < 4.78 is 17.9. The topological polar surface area (TPSA) is 111 Å². The van der Waals surface area contributed by atoms with E-state index in [0.717, 1.165) is 24.8 Å². The number of fused-ring (bicyclic) bond motifs is 1. The molecule has 1 N–H and O–H groups in total. The fourth-order valence-corrected chi connectivity index (χ4v) is 5.18. The molecule has 1 fully saturated rings. The quantitative estimate of drug-likeness (QED) is 0.383. The van der Waals surface area contributed by atoms with E-state index in [1.165, 1.54) is 15.2 Å². The Labute approximate surface area is 218 Å². The molecule has 200 valence electrons. The van der Waals surface area contributed by atoms with E-state index in [-0.39, 0.29) is 41.0 Å². The first kappa shape index (κ1) is 25.6. The van der Waals surface area contributed by atoms with Crippen molar-refractivity contribution in [2.75, 3.05) is 13.1 Å². The van der Waals surface area contributed by atoms with Gasteiger partial charge in [-0.05, 0) is 49.3 Å². The Bertz CT molecular complexity index is 1570. The van der Waals surface area contributed by atoms with Gasteiger partial charge < -0.3 is 9.88 Å². The van der Waals surface area contributed by atoms with Gasteiger partial charge in [-0.25, -0.2) is 14.2 Å². The Kier molecular flexibility index (Phi) is 7.26. The second kappa shape index (κ2) is 10.8. The number of rotatable bonds is 8. The molecule has 1 saturated heterocycles. The summed E-state index contributed by atoms with van der Waals surface area (Å²) in [7, 11) is 0. The van der Waals surface area contributed by atoms with E-state index < -0.39 is 0 Å². The van der Waals surface area contributed by atoms with Gasteiger partial charge in [0.05, 0.1) is 11.8 Å². The first-order valence-corrected chi connectivity index (χ1v) is 13.2. The van der Waals surface area contributed by atoms with Crippen molar-refractivity contribution in [2.45, 2.75) is 65.1 Å². The van der Waals surface area contributed by atoms with Crippen LogP contribution in [0.1, 0.15) is 51.0 Å². The molecule has 4 aromatic rings. The van der Waals surface area contributed by atoms with E-state index >= 15 is 0 Å². The highest BCUT2D eigenvalue weighted by molar-refractivity contribution is 5.77. The van der Waals surface area contributed by atoms with E-state index in [1.807, 2.05) is 24.8 Å². The molecule has 0 saturated carbocycles. The number of nitrogens with one attached hydrogen (secondary N) is 1. The first-order valence-electron chi connectivity index (χ1n) is 13.2. The number of H-pyrrole nitrogens is 1. The minimum atomic E-state index is -0.387. The van der Waals surface area contributed by atoms with Gasteiger partial charge >= 0.3 is 5.69 Å². The third kappa shape index (κ3) is 4.92. The van der Waals surface area contributed by atoms with Gasteiger partial charge in [0.2, 0.25) is 5.91 Å². The molecule has 0 unspecified atom stereocenters. The molecule has 4 heterocycles. The molecular weight excluding hydrogens is 489 g/mol. The van der Waals surface area contributed by atoms with Crippen molar-refractivity contribution in [1.82, 2.24) is 33.8 Å². The lowest BCUT2D eigenvalue weighted by Crippen LogP contribution is -2.40. The average molecular weight is 522 g/mol. The van der Waals surface area contributed by atoms with Crippen molar-refractivity contribution in [3.63, 3.8) is 0 Å². The predicted octanol–water partition coefficient (Wildman–Crippen LogP) is 3.12. The predicted molar refractivity (Wildman–Crippen MR) is 141 cm³/mol. The van der Waals surface area contributed by atoms with E-state index in [4.69, 9.17) is 0 Å². The molecule has 0 bridgehead atoms. The van der Waals surface area contributed by atoms with Crippen LogP contribution in [0.25, 0.3) is 22.6 Å². The van der Waals surface area contributed by atoms with Crippen LogP contribution in [-0.4, -0.2) is 52.8 Å². The fourth-order valence-electron chi connectivity index (χ4n) is 5.18. The summed E-state index contributed by atoms with van der Waals surface area (Å²) in [5, 5.41) is 4.33. The highest BCUT2D eigenvalue weighted by Crippen LogP contribution is 2.28. The van der Waals surface area contributed by atoms with Crippen LogP contribution in [0.3, 0.4) is 0 Å². The summed E-state index contributed by atoms with van der Waals surface area (Å²) in [4.78, 5) is 48.3. The van der Waals surface area contributed by atoms with E-state index in [9.17, 15) is 18.8 Å². The van der Waals surface area contributed by atoms with Crippen molar-refractivity contribution >= 4 is 17.1 Å². The Balaban J connectivity index is 1.31. The van der Waals surface area contributed by atoms with Gasteiger partial charge in [0.15, 0.2) is 5.65 Å². The number of aromatic amines is 1. The van der Waals surface area contributed by atoms with Gasteiger partial charge in [-0.1, -0.05) is 26.0 Å². The largest absolute Gasteiger partial charge is 0.341 e. The molecule has 1 amide bonds. The van der Waals surface area contributed by atoms with Gasteiger partial charge in [-0.3, -0.25) is 23.4 Å². The van der Waals surface area contributed by atoms with Crippen LogP contribution in [-0.2, 0) is 24.4 Å². The van der Waals surface area contributed by atoms with Gasteiger partial charge in [0, 0.05) is 32.4 Å². The molecule has 1 aliphatic rings. The number of nitrogens with zero attached hydrogens (tertiary/aromatic N) is 6. The molecule has 1 aromatic carbocycles. The van der Waals surface area contributed by atoms with Crippen LogP contribution in [0, 0.1) is 5.82 Å². The zero-order chi connectivity index (χ0) is 26.8. The third-order valence-electron chi connectivity index (χ3n) is 7.13. The lowest BCUT2D eigenvalue weighted by Gasteiger charge is -2.32. The number of hydrogen-bond acceptors (Lipinski definition) is 5. The Morgan fingerprint density at radius 3 is 2.55 bits per heavy atom. The zero-order valence-corrected chi connectivity index (χ0v) is 21.7. The number of piperidine rings is 1. The summed E-state index contributed by atoms with van der Waals surface area (Å²) in [6.07, 6.45) is 6.26. The van der Waals surface area contributed by atoms with Crippen molar-refractivity contribution in [3.8, 4) is 11.4 Å². The minimum Gasteiger partial charge on any atom is -0.341 e. The molecule has 38 heavy (non-hydrogen) atoms. The maximum Gasteiger partial charge on any atom is 0.332 e. The summed E-state index contributed by atoms with van der Waals surface area (Å²) in [5.74, 6) is 0.387.